The summed E-state index contributed by atoms with van der Waals surface area (Å²) in [7, 11) is 4.43. The number of amides is 1. The van der Waals surface area contributed by atoms with Crippen molar-refractivity contribution in [3.63, 3.8) is 0 Å². The van der Waals surface area contributed by atoms with E-state index >= 15 is 0 Å². The van der Waals surface area contributed by atoms with E-state index in [0.29, 0.717) is 22.8 Å². The second kappa shape index (κ2) is 7.98. The van der Waals surface area contributed by atoms with Crippen LogP contribution in [0.5, 0.6) is 17.2 Å². The predicted molar refractivity (Wildman–Crippen MR) is 85.2 cm³/mol. The Morgan fingerprint density at radius 3 is 2.27 bits per heavy atom. The Bertz CT molecular complexity index is 775. The molecule has 0 aliphatic carbocycles. The van der Waals surface area contributed by atoms with Crippen molar-refractivity contribution in [2.75, 3.05) is 21.3 Å². The highest BCUT2D eigenvalue weighted by molar-refractivity contribution is 5.75. The van der Waals surface area contributed by atoms with Gasteiger partial charge < -0.3 is 19.5 Å². The predicted octanol–water partition coefficient (Wildman–Crippen LogP) is 2.24. The Hall–Kier alpha value is -2.91. The van der Waals surface area contributed by atoms with Crippen molar-refractivity contribution >= 4 is 5.91 Å². The summed E-state index contributed by atoms with van der Waals surface area (Å²) in [5, 5.41) is 5.93. The molecular weight excluding hydrogens is 355 g/mol. The van der Waals surface area contributed by atoms with E-state index in [1.165, 1.54) is 21.3 Å². The van der Waals surface area contributed by atoms with Crippen molar-refractivity contribution in [1.82, 2.24) is 15.1 Å². The first-order valence-corrected chi connectivity index (χ1v) is 7.44. The van der Waals surface area contributed by atoms with Crippen LogP contribution in [-0.4, -0.2) is 37.0 Å². The highest BCUT2D eigenvalue weighted by atomic mass is 19.4. The zero-order valence-electron chi connectivity index (χ0n) is 14.4. The summed E-state index contributed by atoms with van der Waals surface area (Å²) < 4.78 is 54.1. The number of rotatable bonds is 7. The van der Waals surface area contributed by atoms with Crippen LogP contribution in [0, 0.1) is 0 Å². The number of carbonyl (C=O) groups is 1. The highest BCUT2D eigenvalue weighted by Gasteiger charge is 2.33. The molecule has 2 aromatic rings. The normalized spacial score (nSPS) is 11.2. The van der Waals surface area contributed by atoms with E-state index in [4.69, 9.17) is 14.2 Å². The number of alkyl halides is 3. The molecule has 1 N–H and O–H groups in total. The van der Waals surface area contributed by atoms with Gasteiger partial charge in [0.2, 0.25) is 5.91 Å². The van der Waals surface area contributed by atoms with Crippen LogP contribution in [0.2, 0.25) is 0 Å². The molecule has 7 nitrogen and oxygen atoms in total. The monoisotopic (exact) mass is 373 g/mol. The molecule has 0 spiro atoms. The number of nitrogens with zero attached hydrogens (tertiary/aromatic N) is 2. The number of hydrogen-bond acceptors (Lipinski definition) is 5. The summed E-state index contributed by atoms with van der Waals surface area (Å²) in [5.74, 6) is 0.898. The average Bonchev–Trinajstić information content (AvgIpc) is 3.07. The van der Waals surface area contributed by atoms with Gasteiger partial charge in [0.15, 0.2) is 17.2 Å². The fourth-order valence-corrected chi connectivity index (χ4v) is 2.23. The summed E-state index contributed by atoms with van der Waals surface area (Å²) in [6.45, 7) is -0.249. The van der Waals surface area contributed by atoms with E-state index in [1.54, 1.807) is 12.1 Å². The van der Waals surface area contributed by atoms with Gasteiger partial charge in [0.05, 0.1) is 21.3 Å². The molecule has 0 atom stereocenters. The van der Waals surface area contributed by atoms with Crippen molar-refractivity contribution in [3.8, 4) is 17.2 Å². The Kier molecular flexibility index (Phi) is 5.96. The molecule has 10 heteroatoms. The molecule has 0 radical (unpaired) electrons. The maximum absolute atomic E-state index is 12.5. The van der Waals surface area contributed by atoms with Crippen molar-refractivity contribution in [1.29, 1.82) is 0 Å². The minimum Gasteiger partial charge on any atom is -0.496 e. The van der Waals surface area contributed by atoms with Crippen LogP contribution in [0.15, 0.2) is 24.4 Å². The number of carbonyl (C=O) groups excluding carboxylic acids is 1. The van der Waals surface area contributed by atoms with Crippen LogP contribution in [0.25, 0.3) is 0 Å². The first-order valence-electron chi connectivity index (χ1n) is 7.44. The minimum atomic E-state index is -4.55. The van der Waals surface area contributed by atoms with Gasteiger partial charge in [0.25, 0.3) is 0 Å². The fourth-order valence-electron chi connectivity index (χ4n) is 2.23. The molecule has 142 valence electrons. The second-order valence-electron chi connectivity index (χ2n) is 5.19. The lowest BCUT2D eigenvalue weighted by atomic mass is 10.1. The zero-order chi connectivity index (χ0) is 19.3. The van der Waals surface area contributed by atoms with E-state index in [2.05, 4.69) is 10.4 Å². The minimum absolute atomic E-state index is 0.0930. The lowest BCUT2D eigenvalue weighted by Crippen LogP contribution is -2.27. The Morgan fingerprint density at radius 2 is 1.73 bits per heavy atom. The molecule has 0 aliphatic rings. The van der Waals surface area contributed by atoms with Gasteiger partial charge >= 0.3 is 6.18 Å². The van der Waals surface area contributed by atoms with Crippen LogP contribution in [-0.2, 0) is 24.1 Å². The summed E-state index contributed by atoms with van der Waals surface area (Å²) in [6, 6.07) is 4.07. The van der Waals surface area contributed by atoms with Crippen LogP contribution in [0.3, 0.4) is 0 Å². The Morgan fingerprint density at radius 1 is 1.12 bits per heavy atom. The van der Waals surface area contributed by atoms with Crippen molar-refractivity contribution in [2.45, 2.75) is 19.3 Å². The number of nitrogens with one attached hydrogen (secondary N) is 1. The molecule has 0 saturated carbocycles. The fraction of sp³-hybridized carbons (Fsp3) is 0.375. The maximum Gasteiger partial charge on any atom is 0.435 e. The molecule has 0 aliphatic heterocycles. The number of methoxy groups -OCH3 is 3. The number of benzene rings is 1. The molecule has 2 rings (SSSR count). The van der Waals surface area contributed by atoms with Crippen molar-refractivity contribution in [2.24, 2.45) is 0 Å². The number of aromatic nitrogens is 2. The SMILES string of the molecule is COc1cc(OC)c(OC)cc1CNC(=O)Cn1ccc(C(F)(F)F)n1. The Labute approximate surface area is 147 Å². The molecule has 1 aromatic heterocycles. The van der Waals surface area contributed by atoms with Gasteiger partial charge in [-0.05, 0) is 12.1 Å². The van der Waals surface area contributed by atoms with Gasteiger partial charge in [0.1, 0.15) is 12.3 Å². The molecule has 1 aromatic carbocycles. The average molecular weight is 373 g/mol. The number of ether oxygens (including phenoxy) is 3. The topological polar surface area (TPSA) is 74.6 Å². The quantitative estimate of drug-likeness (QED) is 0.806. The van der Waals surface area contributed by atoms with Gasteiger partial charge in [-0.15, -0.1) is 0 Å². The molecule has 0 unspecified atom stereocenters. The summed E-state index contributed by atoms with van der Waals surface area (Å²) in [4.78, 5) is 12.0. The second-order valence-corrected chi connectivity index (χ2v) is 5.19. The van der Waals surface area contributed by atoms with E-state index < -0.39 is 17.8 Å². The van der Waals surface area contributed by atoms with Crippen LogP contribution in [0.4, 0.5) is 13.2 Å². The van der Waals surface area contributed by atoms with Crippen LogP contribution < -0.4 is 19.5 Å². The van der Waals surface area contributed by atoms with Gasteiger partial charge in [0, 0.05) is 24.4 Å². The van der Waals surface area contributed by atoms with Gasteiger partial charge in [-0.3, -0.25) is 9.48 Å². The lowest BCUT2D eigenvalue weighted by Gasteiger charge is -2.14. The number of hydrogen-bond donors (Lipinski definition) is 1. The maximum atomic E-state index is 12.5. The van der Waals surface area contributed by atoms with E-state index in [1.807, 2.05) is 0 Å². The van der Waals surface area contributed by atoms with Crippen molar-refractivity contribution < 1.29 is 32.2 Å². The van der Waals surface area contributed by atoms with E-state index in [9.17, 15) is 18.0 Å². The Balaban J connectivity index is 2.04. The van der Waals surface area contributed by atoms with E-state index in [-0.39, 0.29) is 13.1 Å². The van der Waals surface area contributed by atoms with E-state index in [0.717, 1.165) is 16.9 Å². The third-order valence-electron chi connectivity index (χ3n) is 3.50. The van der Waals surface area contributed by atoms with Gasteiger partial charge in [-0.25, -0.2) is 0 Å². The molecule has 1 amide bonds. The molecule has 0 bridgehead atoms. The molecule has 0 fully saturated rings. The first-order chi connectivity index (χ1) is 12.3. The summed E-state index contributed by atoms with van der Waals surface area (Å²) in [6.07, 6.45) is -3.45. The molecule has 0 saturated heterocycles. The van der Waals surface area contributed by atoms with Crippen molar-refractivity contribution in [3.05, 3.63) is 35.7 Å². The van der Waals surface area contributed by atoms with Crippen LogP contribution in [0.1, 0.15) is 11.3 Å². The third kappa shape index (κ3) is 4.58. The summed E-state index contributed by atoms with van der Waals surface area (Å²) in [5.41, 5.74) is -0.429. The molecular formula is C16H18F3N3O4. The standard InChI is InChI=1S/C16H18F3N3O4/c1-24-11-7-13(26-3)12(25-2)6-10(11)8-20-15(23)9-22-5-4-14(21-22)16(17,18)19/h4-7H,8-9H2,1-3H3,(H,20,23). The smallest absolute Gasteiger partial charge is 0.435 e. The third-order valence-corrected chi connectivity index (χ3v) is 3.50. The largest absolute Gasteiger partial charge is 0.496 e. The van der Waals surface area contributed by atoms with Gasteiger partial charge in [-0.2, -0.15) is 18.3 Å². The highest BCUT2D eigenvalue weighted by Crippen LogP contribution is 2.34. The van der Waals surface area contributed by atoms with Crippen LogP contribution >= 0.6 is 0 Å². The number of halogens is 3. The molecule has 1 heterocycles. The summed E-state index contributed by atoms with van der Waals surface area (Å²) >= 11 is 0. The first kappa shape index (κ1) is 19.4. The lowest BCUT2D eigenvalue weighted by molar-refractivity contribution is -0.141. The van der Waals surface area contributed by atoms with Gasteiger partial charge in [-0.1, -0.05) is 0 Å². The molecule has 26 heavy (non-hydrogen) atoms. The zero-order valence-corrected chi connectivity index (χ0v) is 14.4.